The van der Waals surface area contributed by atoms with Crippen LogP contribution in [0.4, 0.5) is 14.5 Å². The summed E-state index contributed by atoms with van der Waals surface area (Å²) in [5.41, 5.74) is 1.12. The molecule has 2 aliphatic rings. The number of hydrogen-bond acceptors (Lipinski definition) is 3. The Balaban J connectivity index is 1.66. The van der Waals surface area contributed by atoms with Crippen molar-refractivity contribution >= 4 is 17.4 Å². The molecule has 1 aromatic carbocycles. The van der Waals surface area contributed by atoms with Crippen molar-refractivity contribution in [2.24, 2.45) is 11.3 Å². The maximum absolute atomic E-state index is 12.3. The van der Waals surface area contributed by atoms with Gasteiger partial charge < -0.3 is 10.1 Å². The van der Waals surface area contributed by atoms with Crippen molar-refractivity contribution in [3.63, 3.8) is 0 Å². The van der Waals surface area contributed by atoms with Gasteiger partial charge in [0.25, 0.3) is 5.76 Å². The van der Waals surface area contributed by atoms with E-state index in [0.717, 1.165) is 18.7 Å². The van der Waals surface area contributed by atoms with E-state index in [1.807, 2.05) is 12.1 Å². The summed E-state index contributed by atoms with van der Waals surface area (Å²) in [7, 11) is 0. The van der Waals surface area contributed by atoms with E-state index in [9.17, 15) is 8.78 Å². The Morgan fingerprint density at radius 3 is 2.65 bits per heavy atom. The van der Waals surface area contributed by atoms with Gasteiger partial charge in [0.15, 0.2) is 0 Å². The number of ether oxygens (including phenoxy) is 1. The van der Waals surface area contributed by atoms with Crippen LogP contribution in [-0.2, 0) is 4.74 Å². The van der Waals surface area contributed by atoms with Gasteiger partial charge in [0.05, 0.1) is 6.10 Å². The van der Waals surface area contributed by atoms with E-state index in [4.69, 9.17) is 4.74 Å². The molecule has 110 valence electrons. The van der Waals surface area contributed by atoms with Crippen molar-refractivity contribution < 1.29 is 13.5 Å². The fraction of sp³-hybridized carbons (Fsp3) is 0.600. The number of halogens is 2. The Bertz CT molecular complexity index is 477. The largest absolute Gasteiger partial charge is 0.381 e. The monoisotopic (exact) mass is 299 g/mol. The highest BCUT2D eigenvalue weighted by molar-refractivity contribution is 7.99. The van der Waals surface area contributed by atoms with Gasteiger partial charge in [0, 0.05) is 34.6 Å². The first-order valence-corrected chi connectivity index (χ1v) is 7.79. The molecule has 0 spiro atoms. The molecule has 0 radical (unpaired) electrons. The summed E-state index contributed by atoms with van der Waals surface area (Å²) in [5.74, 6) is -1.80. The average Bonchev–Trinajstić information content (AvgIpc) is 2.84. The second kappa shape index (κ2) is 5.19. The van der Waals surface area contributed by atoms with Crippen molar-refractivity contribution in [1.29, 1.82) is 0 Å². The molecule has 0 bridgehead atoms. The first kappa shape index (κ1) is 14.1. The van der Waals surface area contributed by atoms with Gasteiger partial charge in [-0.05, 0) is 30.7 Å². The molecular weight excluding hydrogens is 280 g/mol. The van der Waals surface area contributed by atoms with Crippen LogP contribution in [0.5, 0.6) is 0 Å². The molecule has 2 nitrogen and oxygen atoms in total. The van der Waals surface area contributed by atoms with Crippen molar-refractivity contribution in [2.75, 3.05) is 11.9 Å². The van der Waals surface area contributed by atoms with Gasteiger partial charge in [-0.2, -0.15) is 8.78 Å². The summed E-state index contributed by atoms with van der Waals surface area (Å²) < 4.78 is 30.3. The lowest BCUT2D eigenvalue weighted by atomic mass is 9.57. The Kier molecular flexibility index (Phi) is 3.67. The second-order valence-electron chi connectivity index (χ2n) is 6.09. The molecule has 5 heteroatoms. The SMILES string of the molecule is CC1(C)C(Nc2ccc(SC(F)F)cc2)C2CCOC21. The smallest absolute Gasteiger partial charge is 0.288 e. The van der Waals surface area contributed by atoms with E-state index >= 15 is 0 Å². The van der Waals surface area contributed by atoms with Crippen LogP contribution in [0.3, 0.4) is 0 Å². The van der Waals surface area contributed by atoms with Gasteiger partial charge in [0.1, 0.15) is 0 Å². The van der Waals surface area contributed by atoms with Gasteiger partial charge in [-0.25, -0.2) is 0 Å². The molecule has 3 unspecified atom stereocenters. The third-order valence-electron chi connectivity index (χ3n) is 4.50. The number of anilines is 1. The maximum Gasteiger partial charge on any atom is 0.288 e. The van der Waals surface area contributed by atoms with Crippen LogP contribution in [0.15, 0.2) is 29.2 Å². The second-order valence-corrected chi connectivity index (χ2v) is 7.15. The fourth-order valence-corrected chi connectivity index (χ4v) is 4.03. The van der Waals surface area contributed by atoms with E-state index in [2.05, 4.69) is 19.2 Å². The van der Waals surface area contributed by atoms with Crippen LogP contribution in [0.1, 0.15) is 20.3 Å². The molecule has 0 aromatic heterocycles. The van der Waals surface area contributed by atoms with E-state index in [1.54, 1.807) is 12.1 Å². The quantitative estimate of drug-likeness (QED) is 0.841. The minimum atomic E-state index is -2.37. The van der Waals surface area contributed by atoms with Gasteiger partial charge in [-0.3, -0.25) is 0 Å². The number of alkyl halides is 2. The summed E-state index contributed by atoms with van der Waals surface area (Å²) in [6.07, 6.45) is 1.46. The van der Waals surface area contributed by atoms with Gasteiger partial charge in [0.2, 0.25) is 0 Å². The molecule has 1 N–H and O–H groups in total. The summed E-state index contributed by atoms with van der Waals surface area (Å²) in [4.78, 5) is 0.598. The lowest BCUT2D eigenvalue weighted by molar-refractivity contribution is -0.0923. The molecule has 1 heterocycles. The standard InChI is InChI=1S/C15H19F2NOS/c1-15(2)12(11-7-8-19-13(11)15)18-9-3-5-10(6-4-9)20-14(16)17/h3-6,11-14,18H,7-8H2,1-2H3. The van der Waals surface area contributed by atoms with E-state index in [1.165, 1.54) is 0 Å². The highest BCUT2D eigenvalue weighted by Crippen LogP contribution is 2.53. The highest BCUT2D eigenvalue weighted by atomic mass is 32.2. The van der Waals surface area contributed by atoms with Gasteiger partial charge >= 0.3 is 0 Å². The van der Waals surface area contributed by atoms with Gasteiger partial charge in [-0.1, -0.05) is 25.6 Å². The third-order valence-corrected chi connectivity index (χ3v) is 5.22. The topological polar surface area (TPSA) is 21.3 Å². The highest BCUT2D eigenvalue weighted by Gasteiger charge is 2.59. The molecular formula is C15H19F2NOS. The third kappa shape index (κ3) is 2.42. The van der Waals surface area contributed by atoms with Crippen molar-refractivity contribution in [3.05, 3.63) is 24.3 Å². The average molecular weight is 299 g/mol. The van der Waals surface area contributed by atoms with Crippen molar-refractivity contribution in [1.82, 2.24) is 0 Å². The molecule has 20 heavy (non-hydrogen) atoms. The van der Waals surface area contributed by atoms with Crippen LogP contribution in [0.2, 0.25) is 0 Å². The number of benzene rings is 1. The number of hydrogen-bond donors (Lipinski definition) is 1. The van der Waals surface area contributed by atoms with Crippen LogP contribution in [0, 0.1) is 11.3 Å². The normalized spacial score (nSPS) is 30.9. The number of nitrogens with one attached hydrogen (secondary N) is 1. The Morgan fingerprint density at radius 1 is 1.30 bits per heavy atom. The predicted molar refractivity (Wildman–Crippen MR) is 77.3 cm³/mol. The minimum absolute atomic E-state index is 0.123. The Hall–Kier alpha value is -0.810. The zero-order valence-electron chi connectivity index (χ0n) is 11.6. The summed E-state index contributed by atoms with van der Waals surface area (Å²) >= 11 is 0.580. The summed E-state index contributed by atoms with van der Waals surface area (Å²) in [6, 6.07) is 7.64. The summed E-state index contributed by atoms with van der Waals surface area (Å²) in [6.45, 7) is 5.29. The van der Waals surface area contributed by atoms with Crippen LogP contribution in [0.25, 0.3) is 0 Å². The summed E-state index contributed by atoms with van der Waals surface area (Å²) in [5, 5.41) is 3.54. The molecule has 2 fully saturated rings. The lowest BCUT2D eigenvalue weighted by Crippen LogP contribution is -2.63. The molecule has 3 atom stereocenters. The molecule has 1 aliphatic heterocycles. The van der Waals surface area contributed by atoms with E-state index in [0.29, 0.717) is 34.7 Å². The minimum Gasteiger partial charge on any atom is -0.381 e. The molecule has 1 aromatic rings. The molecule has 0 amide bonds. The fourth-order valence-electron chi connectivity index (χ4n) is 3.53. The Labute approximate surface area is 122 Å². The predicted octanol–water partition coefficient (Wildman–Crippen LogP) is 4.23. The maximum atomic E-state index is 12.3. The zero-order valence-corrected chi connectivity index (χ0v) is 12.4. The molecule has 1 saturated heterocycles. The van der Waals surface area contributed by atoms with Crippen molar-refractivity contribution in [3.8, 4) is 0 Å². The first-order valence-electron chi connectivity index (χ1n) is 6.91. The lowest BCUT2D eigenvalue weighted by Gasteiger charge is -2.55. The number of thioether (sulfide) groups is 1. The van der Waals surface area contributed by atoms with Gasteiger partial charge in [-0.15, -0.1) is 0 Å². The van der Waals surface area contributed by atoms with Crippen molar-refractivity contribution in [2.45, 2.75) is 43.1 Å². The van der Waals surface area contributed by atoms with Crippen LogP contribution in [-0.4, -0.2) is 24.5 Å². The Morgan fingerprint density at radius 2 is 2.00 bits per heavy atom. The van der Waals surface area contributed by atoms with Crippen LogP contribution < -0.4 is 5.32 Å². The number of rotatable bonds is 4. The molecule has 3 rings (SSSR count). The zero-order chi connectivity index (χ0) is 14.3. The van der Waals surface area contributed by atoms with Crippen LogP contribution >= 0.6 is 11.8 Å². The number of fused-ring (bicyclic) bond motifs is 1. The van der Waals surface area contributed by atoms with E-state index in [-0.39, 0.29) is 5.41 Å². The van der Waals surface area contributed by atoms with E-state index < -0.39 is 5.76 Å². The first-order chi connectivity index (χ1) is 9.48. The molecule has 1 aliphatic carbocycles. The molecule has 1 saturated carbocycles.